The summed E-state index contributed by atoms with van der Waals surface area (Å²) in [5.74, 6) is 0.251. The van der Waals surface area contributed by atoms with E-state index in [-0.39, 0.29) is 11.8 Å². The van der Waals surface area contributed by atoms with Gasteiger partial charge in [-0.3, -0.25) is 4.79 Å². The van der Waals surface area contributed by atoms with Gasteiger partial charge in [0.1, 0.15) is 0 Å². The minimum absolute atomic E-state index is 0.0180. The van der Waals surface area contributed by atoms with Crippen molar-refractivity contribution in [2.45, 2.75) is 6.42 Å². The van der Waals surface area contributed by atoms with Crippen molar-refractivity contribution in [2.75, 3.05) is 20.3 Å². The van der Waals surface area contributed by atoms with Crippen LogP contribution in [0.3, 0.4) is 0 Å². The first-order valence-corrected chi connectivity index (χ1v) is 7.65. The van der Waals surface area contributed by atoms with E-state index in [1.807, 2.05) is 60.7 Å². The van der Waals surface area contributed by atoms with E-state index >= 15 is 0 Å². The van der Waals surface area contributed by atoms with Gasteiger partial charge in [-0.05, 0) is 17.7 Å². The Balaban J connectivity index is 1.80. The molecule has 1 aliphatic rings. The van der Waals surface area contributed by atoms with Gasteiger partial charge in [0.05, 0.1) is 6.67 Å². The lowest BCUT2D eigenvalue weighted by Crippen LogP contribution is -2.45. The van der Waals surface area contributed by atoms with Crippen molar-refractivity contribution in [3.8, 4) is 0 Å². The molecule has 0 aromatic heterocycles. The van der Waals surface area contributed by atoms with Crippen LogP contribution in [0.4, 0.5) is 0 Å². The molecule has 4 heteroatoms. The van der Waals surface area contributed by atoms with Gasteiger partial charge in [0.2, 0.25) is 0 Å². The quantitative estimate of drug-likeness (QED) is 0.948. The maximum atomic E-state index is 12.6. The molecular formula is C19H20N2O2. The summed E-state index contributed by atoms with van der Waals surface area (Å²) in [6, 6.07) is 19.2. The molecular weight excluding hydrogens is 288 g/mol. The minimum atomic E-state index is -0.0180. The molecule has 1 N–H and O–H groups in total. The van der Waals surface area contributed by atoms with Crippen molar-refractivity contribution in [3.63, 3.8) is 0 Å². The third kappa shape index (κ3) is 3.37. The summed E-state index contributed by atoms with van der Waals surface area (Å²) < 4.78 is 0. The Morgan fingerprint density at radius 1 is 1.04 bits per heavy atom. The summed E-state index contributed by atoms with van der Waals surface area (Å²) in [5, 5.41) is 10.3. The Labute approximate surface area is 136 Å². The van der Waals surface area contributed by atoms with Crippen LogP contribution in [0.25, 0.3) is 0 Å². The fraction of sp³-hybridized carbons (Fsp3) is 0.211. The van der Waals surface area contributed by atoms with Crippen molar-refractivity contribution in [2.24, 2.45) is 0 Å². The highest BCUT2D eigenvalue weighted by Crippen LogP contribution is 2.21. The van der Waals surface area contributed by atoms with Crippen molar-refractivity contribution in [1.82, 2.24) is 9.80 Å². The molecule has 2 aromatic rings. The predicted molar refractivity (Wildman–Crippen MR) is 89.9 cm³/mol. The largest absolute Gasteiger partial charge is 0.495 e. The van der Waals surface area contributed by atoms with Crippen molar-refractivity contribution in [3.05, 3.63) is 83.2 Å². The second kappa shape index (κ2) is 6.57. The summed E-state index contributed by atoms with van der Waals surface area (Å²) in [4.78, 5) is 16.1. The van der Waals surface area contributed by atoms with E-state index in [1.54, 1.807) is 16.8 Å². The number of aliphatic hydroxyl groups is 1. The second-order valence-electron chi connectivity index (χ2n) is 5.80. The third-order valence-corrected chi connectivity index (χ3v) is 4.01. The van der Waals surface area contributed by atoms with Gasteiger partial charge in [-0.15, -0.1) is 0 Å². The first-order valence-electron chi connectivity index (χ1n) is 7.65. The van der Waals surface area contributed by atoms with Gasteiger partial charge in [-0.25, -0.2) is 0 Å². The molecule has 0 saturated heterocycles. The number of nitrogens with zero attached hydrogens (tertiary/aromatic N) is 2. The molecule has 1 aliphatic heterocycles. The lowest BCUT2D eigenvalue weighted by molar-refractivity contribution is 0.0589. The highest BCUT2D eigenvalue weighted by molar-refractivity contribution is 5.94. The zero-order valence-electron chi connectivity index (χ0n) is 13.1. The van der Waals surface area contributed by atoms with Crippen molar-refractivity contribution < 1.29 is 9.90 Å². The number of benzene rings is 2. The lowest BCUT2D eigenvalue weighted by atomic mass is 10.0. The SMILES string of the molecule is CN1CN(C(=O)c2ccccc2)CC(Cc2ccccc2)=C1O. The summed E-state index contributed by atoms with van der Waals surface area (Å²) in [6.45, 7) is 0.830. The number of aliphatic hydroxyl groups excluding tert-OH is 1. The molecule has 0 saturated carbocycles. The van der Waals surface area contributed by atoms with Crippen LogP contribution < -0.4 is 0 Å². The van der Waals surface area contributed by atoms with E-state index in [4.69, 9.17) is 0 Å². The van der Waals surface area contributed by atoms with Crippen LogP contribution in [0.1, 0.15) is 15.9 Å². The fourth-order valence-electron chi connectivity index (χ4n) is 2.82. The molecule has 0 bridgehead atoms. The van der Waals surface area contributed by atoms with E-state index in [0.717, 1.165) is 11.1 Å². The molecule has 0 fully saturated rings. The molecule has 0 unspecified atom stereocenters. The van der Waals surface area contributed by atoms with Gasteiger partial charge in [-0.1, -0.05) is 48.5 Å². The maximum absolute atomic E-state index is 12.6. The van der Waals surface area contributed by atoms with E-state index in [1.165, 1.54) is 0 Å². The van der Waals surface area contributed by atoms with Gasteiger partial charge in [0.15, 0.2) is 5.88 Å². The summed E-state index contributed by atoms with van der Waals surface area (Å²) in [7, 11) is 1.80. The average Bonchev–Trinajstić information content (AvgIpc) is 2.60. The van der Waals surface area contributed by atoms with E-state index in [2.05, 4.69) is 0 Å². The van der Waals surface area contributed by atoms with Crippen LogP contribution in [0.15, 0.2) is 72.1 Å². The Kier molecular flexibility index (Phi) is 4.33. The topological polar surface area (TPSA) is 43.8 Å². The van der Waals surface area contributed by atoms with Gasteiger partial charge in [0.25, 0.3) is 5.91 Å². The highest BCUT2D eigenvalue weighted by atomic mass is 16.3. The number of carbonyl (C=O) groups excluding carboxylic acids is 1. The molecule has 0 spiro atoms. The first kappa shape index (κ1) is 15.2. The van der Waals surface area contributed by atoms with Crippen molar-refractivity contribution in [1.29, 1.82) is 0 Å². The molecule has 4 nitrogen and oxygen atoms in total. The normalized spacial score (nSPS) is 15.0. The van der Waals surface area contributed by atoms with Crippen LogP contribution in [0.5, 0.6) is 0 Å². The lowest BCUT2D eigenvalue weighted by Gasteiger charge is -2.35. The Hall–Kier alpha value is -2.75. The molecule has 0 radical (unpaired) electrons. The van der Waals surface area contributed by atoms with E-state index in [9.17, 15) is 9.90 Å². The van der Waals surface area contributed by atoms with Crippen LogP contribution in [0, 0.1) is 0 Å². The molecule has 23 heavy (non-hydrogen) atoms. The second-order valence-corrected chi connectivity index (χ2v) is 5.80. The predicted octanol–water partition coefficient (Wildman–Crippen LogP) is 3.04. The third-order valence-electron chi connectivity index (χ3n) is 4.01. The monoisotopic (exact) mass is 308 g/mol. The van der Waals surface area contributed by atoms with Gasteiger partial charge in [-0.2, -0.15) is 0 Å². The molecule has 0 atom stereocenters. The number of hydrogen-bond acceptors (Lipinski definition) is 3. The van der Waals surface area contributed by atoms with Gasteiger partial charge in [0, 0.05) is 31.1 Å². The fourth-order valence-corrected chi connectivity index (χ4v) is 2.82. The maximum Gasteiger partial charge on any atom is 0.255 e. The summed E-state index contributed by atoms with van der Waals surface area (Å²) in [5.41, 5.74) is 2.65. The molecule has 0 aliphatic carbocycles. The summed E-state index contributed by atoms with van der Waals surface area (Å²) >= 11 is 0. The highest BCUT2D eigenvalue weighted by Gasteiger charge is 2.26. The Morgan fingerprint density at radius 3 is 2.30 bits per heavy atom. The van der Waals surface area contributed by atoms with Crippen LogP contribution in [0.2, 0.25) is 0 Å². The van der Waals surface area contributed by atoms with Crippen LogP contribution in [-0.4, -0.2) is 41.1 Å². The van der Waals surface area contributed by atoms with Crippen LogP contribution in [-0.2, 0) is 6.42 Å². The number of rotatable bonds is 3. The first-order chi connectivity index (χ1) is 11.1. The molecule has 1 heterocycles. The van der Waals surface area contributed by atoms with Gasteiger partial charge < -0.3 is 14.9 Å². The number of amides is 1. The molecule has 2 aromatic carbocycles. The Morgan fingerprint density at radius 2 is 1.65 bits per heavy atom. The zero-order chi connectivity index (χ0) is 16.2. The van der Waals surface area contributed by atoms with E-state index < -0.39 is 0 Å². The number of carbonyl (C=O) groups is 1. The zero-order valence-corrected chi connectivity index (χ0v) is 13.1. The van der Waals surface area contributed by atoms with E-state index in [0.29, 0.717) is 25.2 Å². The number of hydrogen-bond donors (Lipinski definition) is 1. The Bertz CT molecular complexity index is 711. The molecule has 1 amide bonds. The van der Waals surface area contributed by atoms with Gasteiger partial charge >= 0.3 is 0 Å². The van der Waals surface area contributed by atoms with Crippen LogP contribution >= 0.6 is 0 Å². The standard InChI is InChI=1S/C19H20N2O2/c1-20-14-21(19(23)16-10-6-3-7-11-16)13-17(18(20)22)12-15-8-4-2-5-9-15/h2-11,22H,12-14H2,1H3. The molecule has 3 rings (SSSR count). The summed E-state index contributed by atoms with van der Waals surface area (Å²) in [6.07, 6.45) is 0.635. The van der Waals surface area contributed by atoms with Crippen molar-refractivity contribution >= 4 is 5.91 Å². The smallest absolute Gasteiger partial charge is 0.255 e. The minimum Gasteiger partial charge on any atom is -0.495 e. The molecule has 118 valence electrons. The average molecular weight is 308 g/mol.